The molecule has 32 heavy (non-hydrogen) atoms. The zero-order valence-corrected chi connectivity index (χ0v) is 20.0. The van der Waals surface area contributed by atoms with Gasteiger partial charge in [0.15, 0.2) is 0 Å². The maximum Gasteiger partial charge on any atom is 0.243 e. The first-order valence-electron chi connectivity index (χ1n) is 11.0. The Bertz CT molecular complexity index is 1280. The van der Waals surface area contributed by atoms with Crippen molar-refractivity contribution in [2.24, 2.45) is 11.8 Å². The van der Waals surface area contributed by atoms with Crippen LogP contribution in [0.1, 0.15) is 24.0 Å². The van der Waals surface area contributed by atoms with Gasteiger partial charge in [-0.25, -0.2) is 16.8 Å². The molecule has 0 spiro atoms. The van der Waals surface area contributed by atoms with Crippen molar-refractivity contribution in [1.29, 1.82) is 0 Å². The van der Waals surface area contributed by atoms with Crippen LogP contribution in [0.5, 0.6) is 0 Å². The van der Waals surface area contributed by atoms with Crippen LogP contribution in [0.2, 0.25) is 0 Å². The Labute approximate surface area is 190 Å². The lowest BCUT2D eigenvalue weighted by Gasteiger charge is -2.26. The van der Waals surface area contributed by atoms with Crippen LogP contribution in [-0.4, -0.2) is 51.6 Å². The van der Waals surface area contributed by atoms with E-state index in [0.717, 1.165) is 29.5 Å². The Morgan fingerprint density at radius 2 is 1.25 bits per heavy atom. The molecule has 2 aliphatic heterocycles. The molecular weight excluding hydrogens is 444 g/mol. The summed E-state index contributed by atoms with van der Waals surface area (Å²) in [5.74, 6) is 0.341. The SMILES string of the molecule is Cc1ccc(S(=O)(=O)N2CC3=C(C2)[C@@H]2CN(S(=O)(=O)c4ccc(C)cc4)C[C@H]2CC3)cc1. The lowest BCUT2D eigenvalue weighted by atomic mass is 9.78. The van der Waals surface area contributed by atoms with Crippen LogP contribution in [0, 0.1) is 25.7 Å². The van der Waals surface area contributed by atoms with E-state index in [-0.39, 0.29) is 11.8 Å². The number of rotatable bonds is 4. The molecule has 2 atom stereocenters. The van der Waals surface area contributed by atoms with E-state index in [0.29, 0.717) is 36.0 Å². The predicted octanol–water partition coefficient (Wildman–Crippen LogP) is 3.34. The molecular formula is C24H28N2O4S2. The second-order valence-corrected chi connectivity index (χ2v) is 13.1. The van der Waals surface area contributed by atoms with Crippen molar-refractivity contribution in [3.8, 4) is 0 Å². The molecule has 0 N–H and O–H groups in total. The second kappa shape index (κ2) is 7.80. The lowest BCUT2D eigenvalue weighted by molar-refractivity contribution is 0.407. The molecule has 0 aromatic heterocycles. The van der Waals surface area contributed by atoms with Crippen LogP contribution in [-0.2, 0) is 20.0 Å². The molecule has 8 heteroatoms. The second-order valence-electron chi connectivity index (χ2n) is 9.26. The van der Waals surface area contributed by atoms with Crippen LogP contribution in [0.25, 0.3) is 0 Å². The average Bonchev–Trinajstić information content (AvgIpc) is 3.39. The van der Waals surface area contributed by atoms with E-state index >= 15 is 0 Å². The molecule has 0 unspecified atom stereocenters. The number of sulfonamides is 2. The van der Waals surface area contributed by atoms with Crippen LogP contribution < -0.4 is 0 Å². The molecule has 1 aliphatic carbocycles. The van der Waals surface area contributed by atoms with E-state index in [2.05, 4.69) is 0 Å². The first-order chi connectivity index (χ1) is 15.2. The number of fused-ring (bicyclic) bond motifs is 2. The third-order valence-corrected chi connectivity index (χ3v) is 10.8. The highest BCUT2D eigenvalue weighted by Crippen LogP contribution is 2.45. The number of hydrogen-bond donors (Lipinski definition) is 0. The van der Waals surface area contributed by atoms with Gasteiger partial charge in [0.2, 0.25) is 20.0 Å². The van der Waals surface area contributed by atoms with Crippen LogP contribution >= 0.6 is 0 Å². The highest BCUT2D eigenvalue weighted by molar-refractivity contribution is 7.89. The quantitative estimate of drug-likeness (QED) is 0.640. The van der Waals surface area contributed by atoms with E-state index in [1.807, 2.05) is 38.1 Å². The van der Waals surface area contributed by atoms with Crippen LogP contribution in [0.3, 0.4) is 0 Å². The Hall–Kier alpha value is -2.00. The molecule has 0 amide bonds. The van der Waals surface area contributed by atoms with Crippen LogP contribution in [0.15, 0.2) is 69.5 Å². The number of benzene rings is 2. The Balaban J connectivity index is 1.36. The molecule has 2 heterocycles. The maximum atomic E-state index is 13.2. The van der Waals surface area contributed by atoms with Crippen molar-refractivity contribution in [2.45, 2.75) is 36.5 Å². The largest absolute Gasteiger partial charge is 0.243 e. The highest BCUT2D eigenvalue weighted by Gasteiger charge is 2.46. The van der Waals surface area contributed by atoms with Crippen molar-refractivity contribution in [3.63, 3.8) is 0 Å². The zero-order valence-electron chi connectivity index (χ0n) is 18.4. The predicted molar refractivity (Wildman–Crippen MR) is 123 cm³/mol. The average molecular weight is 473 g/mol. The molecule has 6 nitrogen and oxygen atoms in total. The molecule has 2 aromatic rings. The summed E-state index contributed by atoms with van der Waals surface area (Å²) in [4.78, 5) is 0.639. The van der Waals surface area contributed by atoms with Gasteiger partial charge in [-0.05, 0) is 68.4 Å². The van der Waals surface area contributed by atoms with E-state index in [4.69, 9.17) is 0 Å². The summed E-state index contributed by atoms with van der Waals surface area (Å²) < 4.78 is 56.0. The van der Waals surface area contributed by atoms with Gasteiger partial charge in [0.05, 0.1) is 9.79 Å². The summed E-state index contributed by atoms with van der Waals surface area (Å²) in [7, 11) is -7.12. The molecule has 0 bridgehead atoms. The van der Waals surface area contributed by atoms with Gasteiger partial charge in [-0.15, -0.1) is 0 Å². The van der Waals surface area contributed by atoms with E-state index < -0.39 is 20.0 Å². The van der Waals surface area contributed by atoms with Crippen molar-refractivity contribution in [2.75, 3.05) is 26.2 Å². The third kappa shape index (κ3) is 3.63. The minimum Gasteiger partial charge on any atom is -0.207 e. The molecule has 2 aromatic carbocycles. The number of hydrogen-bond acceptors (Lipinski definition) is 4. The molecule has 0 radical (unpaired) electrons. The topological polar surface area (TPSA) is 74.8 Å². The summed E-state index contributed by atoms with van der Waals surface area (Å²) in [5.41, 5.74) is 4.36. The van der Waals surface area contributed by atoms with Gasteiger partial charge in [0.1, 0.15) is 0 Å². The van der Waals surface area contributed by atoms with Gasteiger partial charge in [0.25, 0.3) is 0 Å². The smallest absolute Gasteiger partial charge is 0.207 e. The Kier molecular flexibility index (Phi) is 5.32. The zero-order chi connectivity index (χ0) is 22.7. The fraction of sp³-hybridized carbons (Fsp3) is 0.417. The first kappa shape index (κ1) is 21.8. The van der Waals surface area contributed by atoms with Gasteiger partial charge in [-0.2, -0.15) is 8.61 Å². The van der Waals surface area contributed by atoms with Crippen molar-refractivity contribution >= 4 is 20.0 Å². The lowest BCUT2D eigenvalue weighted by Crippen LogP contribution is -2.31. The number of aryl methyl sites for hydroxylation is 2. The van der Waals surface area contributed by atoms with Gasteiger partial charge < -0.3 is 0 Å². The van der Waals surface area contributed by atoms with Gasteiger partial charge >= 0.3 is 0 Å². The normalized spacial score (nSPS) is 24.6. The van der Waals surface area contributed by atoms with Crippen LogP contribution in [0.4, 0.5) is 0 Å². The number of nitrogens with zero attached hydrogens (tertiary/aromatic N) is 2. The van der Waals surface area contributed by atoms with Gasteiger partial charge in [-0.1, -0.05) is 41.0 Å². The van der Waals surface area contributed by atoms with Gasteiger partial charge in [0, 0.05) is 26.2 Å². The minimum absolute atomic E-state index is 0.0946. The van der Waals surface area contributed by atoms with E-state index in [9.17, 15) is 16.8 Å². The summed E-state index contributed by atoms with van der Waals surface area (Å²) >= 11 is 0. The molecule has 5 rings (SSSR count). The molecule has 1 fully saturated rings. The van der Waals surface area contributed by atoms with Crippen molar-refractivity contribution < 1.29 is 16.8 Å². The molecule has 1 saturated heterocycles. The summed E-state index contributed by atoms with van der Waals surface area (Å²) in [6.45, 7) is 5.58. The molecule has 3 aliphatic rings. The standard InChI is InChI=1S/C24H28N2O4S2/c1-17-3-9-21(10-4-17)31(27,28)25-13-19-7-8-20-14-26(16-24(20)23(19)15-25)32(29,30)22-11-5-18(2)6-12-22/h3-6,9-12,19,23H,7-8,13-16H2,1-2H3/t19-,23-/m1/s1. The fourth-order valence-electron chi connectivity index (χ4n) is 5.25. The minimum atomic E-state index is -3.57. The monoisotopic (exact) mass is 472 g/mol. The summed E-state index contributed by atoms with van der Waals surface area (Å²) in [5, 5.41) is 0. The van der Waals surface area contributed by atoms with Crippen molar-refractivity contribution in [1.82, 2.24) is 8.61 Å². The van der Waals surface area contributed by atoms with E-state index in [1.54, 1.807) is 32.9 Å². The van der Waals surface area contributed by atoms with E-state index in [1.165, 1.54) is 5.57 Å². The van der Waals surface area contributed by atoms with Crippen molar-refractivity contribution in [3.05, 3.63) is 70.8 Å². The Morgan fingerprint density at radius 3 is 1.81 bits per heavy atom. The van der Waals surface area contributed by atoms with Gasteiger partial charge in [-0.3, -0.25) is 0 Å². The fourth-order valence-corrected chi connectivity index (χ4v) is 8.19. The third-order valence-electron chi connectivity index (χ3n) is 7.16. The maximum absolute atomic E-state index is 13.2. The molecule has 170 valence electrons. The summed E-state index contributed by atoms with van der Waals surface area (Å²) in [6, 6.07) is 13.9. The summed E-state index contributed by atoms with van der Waals surface area (Å²) in [6.07, 6.45) is 1.75. The highest BCUT2D eigenvalue weighted by atomic mass is 32.2. The molecule has 0 saturated carbocycles. The Morgan fingerprint density at radius 1 is 0.719 bits per heavy atom. The first-order valence-corrected chi connectivity index (χ1v) is 13.9.